The maximum atomic E-state index is 10.7. The van der Waals surface area contributed by atoms with Gasteiger partial charge in [-0.05, 0) is 13.8 Å². The van der Waals surface area contributed by atoms with Gasteiger partial charge in [0.15, 0.2) is 6.33 Å². The first kappa shape index (κ1) is 12.0. The quantitative estimate of drug-likeness (QED) is 0.760. The van der Waals surface area contributed by atoms with Crippen molar-refractivity contribution in [3.05, 3.63) is 12.2 Å². The summed E-state index contributed by atoms with van der Waals surface area (Å²) in [4.78, 5) is 14.6. The average molecular weight is 231 g/mol. The smallest absolute Gasteiger partial charge is 0.321 e. The third-order valence-electron chi connectivity index (χ3n) is 1.99. The monoisotopic (exact) mass is 231 g/mol. The summed E-state index contributed by atoms with van der Waals surface area (Å²) in [5.74, 6) is -0.0998. The first-order valence-electron chi connectivity index (χ1n) is 4.31. The highest BCUT2D eigenvalue weighted by atomic mass is 32.2. The number of hydrogen-bond donors (Lipinski definition) is 2. The van der Waals surface area contributed by atoms with Gasteiger partial charge >= 0.3 is 5.97 Å². The summed E-state index contributed by atoms with van der Waals surface area (Å²) in [5, 5.41) is 12.2. The van der Waals surface area contributed by atoms with Crippen LogP contribution in [0.25, 0.3) is 0 Å². The number of rotatable bonds is 5. The van der Waals surface area contributed by atoms with Crippen molar-refractivity contribution in [2.75, 3.05) is 0 Å². The van der Waals surface area contributed by atoms with Crippen LogP contribution in [0, 0.1) is 0 Å². The Hall–Kier alpha value is -1.08. The number of carbonyl (C=O) groups is 1. The first-order chi connectivity index (χ1) is 6.93. The summed E-state index contributed by atoms with van der Waals surface area (Å²) < 4.78 is 4.22. The predicted molar refractivity (Wildman–Crippen MR) is 55.3 cm³/mol. The minimum atomic E-state index is -1.02. The van der Waals surface area contributed by atoms with Crippen LogP contribution in [-0.4, -0.2) is 32.0 Å². The van der Waals surface area contributed by atoms with Crippen LogP contribution in [-0.2, 0) is 10.5 Å². The Morgan fingerprint density at radius 1 is 1.80 bits per heavy atom. The Bertz CT molecular complexity index is 326. The van der Waals surface area contributed by atoms with Gasteiger partial charge in [-0.3, -0.25) is 4.79 Å². The van der Waals surface area contributed by atoms with E-state index in [1.165, 1.54) is 18.1 Å². The molecule has 0 saturated heterocycles. The van der Waals surface area contributed by atoms with Crippen LogP contribution in [0.5, 0.6) is 0 Å². The predicted octanol–water partition coefficient (Wildman–Crippen LogP) is 0.493. The zero-order chi connectivity index (χ0) is 11.5. The zero-order valence-corrected chi connectivity index (χ0v) is 9.32. The lowest BCUT2D eigenvalue weighted by Crippen LogP contribution is -2.46. The Kier molecular flexibility index (Phi) is 3.70. The van der Waals surface area contributed by atoms with Crippen molar-refractivity contribution < 1.29 is 14.4 Å². The molecule has 0 aliphatic carbocycles. The van der Waals surface area contributed by atoms with Crippen molar-refractivity contribution in [1.29, 1.82) is 0 Å². The molecular formula is C8H13N3O3S. The van der Waals surface area contributed by atoms with E-state index in [-0.39, 0.29) is 0 Å². The summed E-state index contributed by atoms with van der Waals surface area (Å²) in [6, 6.07) is -0.926. The highest BCUT2D eigenvalue weighted by Crippen LogP contribution is 2.29. The van der Waals surface area contributed by atoms with Crippen LogP contribution >= 0.6 is 11.8 Å². The molecular weight excluding hydrogens is 218 g/mol. The fourth-order valence-corrected chi connectivity index (χ4v) is 1.80. The van der Waals surface area contributed by atoms with Crippen molar-refractivity contribution >= 4 is 17.7 Å². The normalized spacial score (nSPS) is 13.8. The second kappa shape index (κ2) is 4.63. The van der Waals surface area contributed by atoms with E-state index in [4.69, 9.17) is 15.4 Å². The summed E-state index contributed by atoms with van der Waals surface area (Å²) >= 11 is 1.37. The van der Waals surface area contributed by atoms with Gasteiger partial charge in [0.1, 0.15) is 6.04 Å². The first-order valence-corrected chi connectivity index (χ1v) is 5.30. The van der Waals surface area contributed by atoms with Crippen LogP contribution < -0.4 is 5.73 Å². The zero-order valence-electron chi connectivity index (χ0n) is 8.51. The van der Waals surface area contributed by atoms with E-state index in [0.717, 1.165) is 0 Å². The molecule has 7 heteroatoms. The Morgan fingerprint density at radius 3 is 2.93 bits per heavy atom. The molecule has 0 spiro atoms. The van der Waals surface area contributed by atoms with Gasteiger partial charge in [-0.2, -0.15) is 4.98 Å². The highest BCUT2D eigenvalue weighted by Gasteiger charge is 2.32. The summed E-state index contributed by atoms with van der Waals surface area (Å²) in [7, 11) is 0. The van der Waals surface area contributed by atoms with Crippen molar-refractivity contribution in [3.8, 4) is 0 Å². The molecule has 1 atom stereocenters. The van der Waals surface area contributed by atoms with Gasteiger partial charge < -0.3 is 15.4 Å². The third kappa shape index (κ3) is 3.21. The van der Waals surface area contributed by atoms with Gasteiger partial charge in [0.05, 0.1) is 5.75 Å². The lowest BCUT2D eigenvalue weighted by atomic mass is 10.1. The lowest BCUT2D eigenvalue weighted by Gasteiger charge is -2.27. The molecule has 0 aliphatic rings. The average Bonchev–Trinajstić information content (AvgIpc) is 2.66. The topological polar surface area (TPSA) is 102 Å². The fourth-order valence-electron chi connectivity index (χ4n) is 0.894. The summed E-state index contributed by atoms with van der Waals surface area (Å²) in [6.07, 6.45) is 1.31. The van der Waals surface area contributed by atoms with Crippen LogP contribution in [0.15, 0.2) is 10.9 Å². The highest BCUT2D eigenvalue weighted by molar-refractivity contribution is 7.99. The van der Waals surface area contributed by atoms with E-state index in [1.807, 2.05) is 0 Å². The molecule has 0 radical (unpaired) electrons. The number of carboxylic acids is 1. The second-order valence-corrected chi connectivity index (χ2v) is 5.17. The van der Waals surface area contributed by atoms with E-state index in [2.05, 4.69) is 10.1 Å². The maximum Gasteiger partial charge on any atom is 0.321 e. The molecule has 1 rings (SSSR count). The standard InChI is InChI=1S/C8H13N3O3S/c1-8(2,6(9)7(12)13)15-3-5-10-4-11-14-5/h4,6H,3,9H2,1-2H3,(H,12,13)/t6-/m1/s1. The SMILES string of the molecule is CC(C)(SCc1ncno1)[C@H](N)C(=O)O. The summed E-state index contributed by atoms with van der Waals surface area (Å²) in [6.45, 7) is 3.54. The maximum absolute atomic E-state index is 10.7. The van der Waals surface area contributed by atoms with Crippen LogP contribution in [0.4, 0.5) is 0 Å². The minimum absolute atomic E-state index is 0.452. The Balaban J connectivity index is 2.53. The van der Waals surface area contributed by atoms with Crippen molar-refractivity contribution in [1.82, 2.24) is 10.1 Å². The number of nitrogens with zero attached hydrogens (tertiary/aromatic N) is 2. The van der Waals surface area contributed by atoms with E-state index in [1.54, 1.807) is 13.8 Å². The number of aromatic nitrogens is 2. The van der Waals surface area contributed by atoms with Crippen molar-refractivity contribution in [2.45, 2.75) is 30.4 Å². The lowest BCUT2D eigenvalue weighted by molar-refractivity contribution is -0.139. The summed E-state index contributed by atoms with van der Waals surface area (Å²) in [5.41, 5.74) is 5.55. The fraction of sp³-hybridized carbons (Fsp3) is 0.625. The molecule has 0 aliphatic heterocycles. The number of carboxylic acid groups (broad SMARTS) is 1. The third-order valence-corrected chi connectivity index (χ3v) is 3.38. The molecule has 3 N–H and O–H groups in total. The van der Waals surface area contributed by atoms with Crippen LogP contribution in [0.2, 0.25) is 0 Å². The molecule has 1 aromatic rings. The molecule has 0 amide bonds. The van der Waals surface area contributed by atoms with E-state index in [9.17, 15) is 4.79 Å². The Labute approximate surface area is 91.2 Å². The van der Waals surface area contributed by atoms with Gasteiger partial charge in [-0.25, -0.2) is 0 Å². The molecule has 0 unspecified atom stereocenters. The molecule has 15 heavy (non-hydrogen) atoms. The minimum Gasteiger partial charge on any atom is -0.480 e. The van der Waals surface area contributed by atoms with E-state index >= 15 is 0 Å². The van der Waals surface area contributed by atoms with Gasteiger partial charge in [0, 0.05) is 4.75 Å². The molecule has 6 nitrogen and oxygen atoms in total. The molecule has 0 bridgehead atoms. The van der Waals surface area contributed by atoms with Gasteiger partial charge in [-0.15, -0.1) is 11.8 Å². The van der Waals surface area contributed by atoms with E-state index in [0.29, 0.717) is 11.6 Å². The molecule has 0 fully saturated rings. The van der Waals surface area contributed by atoms with Crippen LogP contribution in [0.1, 0.15) is 19.7 Å². The van der Waals surface area contributed by atoms with Gasteiger partial charge in [-0.1, -0.05) is 5.16 Å². The Morgan fingerprint density at radius 2 is 2.47 bits per heavy atom. The molecule has 84 valence electrons. The van der Waals surface area contributed by atoms with Crippen molar-refractivity contribution in [2.24, 2.45) is 5.73 Å². The number of hydrogen-bond acceptors (Lipinski definition) is 6. The van der Waals surface area contributed by atoms with E-state index < -0.39 is 16.8 Å². The number of aliphatic carboxylic acids is 1. The number of thioether (sulfide) groups is 1. The molecule has 1 heterocycles. The van der Waals surface area contributed by atoms with Crippen molar-refractivity contribution in [3.63, 3.8) is 0 Å². The van der Waals surface area contributed by atoms with Gasteiger partial charge in [0.2, 0.25) is 5.89 Å². The molecule has 0 saturated carbocycles. The van der Waals surface area contributed by atoms with Gasteiger partial charge in [0.25, 0.3) is 0 Å². The molecule has 1 aromatic heterocycles. The largest absolute Gasteiger partial charge is 0.480 e. The second-order valence-electron chi connectivity index (χ2n) is 3.54. The van der Waals surface area contributed by atoms with Crippen LogP contribution in [0.3, 0.4) is 0 Å². The molecule has 0 aromatic carbocycles. The number of nitrogens with two attached hydrogens (primary N) is 1.